The Morgan fingerprint density at radius 2 is 2.06 bits per heavy atom. The van der Waals surface area contributed by atoms with Crippen LogP contribution in [0.3, 0.4) is 0 Å². The third kappa shape index (κ3) is 4.43. The van der Waals surface area contributed by atoms with Gasteiger partial charge in [0.25, 0.3) is 0 Å². The first kappa shape index (κ1) is 13.4. The van der Waals surface area contributed by atoms with Gasteiger partial charge in [-0.1, -0.05) is 18.2 Å². The van der Waals surface area contributed by atoms with Crippen LogP contribution in [-0.2, 0) is 15.5 Å². The Labute approximate surface area is 99.4 Å². The lowest BCUT2D eigenvalue weighted by atomic mass is 10.3. The fourth-order valence-corrected chi connectivity index (χ4v) is 2.61. The Kier molecular flexibility index (Phi) is 6.30. The van der Waals surface area contributed by atoms with E-state index in [2.05, 4.69) is 0 Å². The quantitative estimate of drug-likeness (QED) is 0.788. The highest BCUT2D eigenvalue weighted by Crippen LogP contribution is 2.08. The summed E-state index contributed by atoms with van der Waals surface area (Å²) in [6.45, 7) is 3.08. The van der Waals surface area contributed by atoms with Gasteiger partial charge < -0.3 is 10.5 Å². The van der Waals surface area contributed by atoms with E-state index in [-0.39, 0.29) is 6.10 Å². The summed E-state index contributed by atoms with van der Waals surface area (Å²) in [5.41, 5.74) is 5.56. The van der Waals surface area contributed by atoms with Crippen LogP contribution in [0.15, 0.2) is 35.2 Å². The Morgan fingerprint density at radius 3 is 2.62 bits per heavy atom. The summed E-state index contributed by atoms with van der Waals surface area (Å²) >= 11 is 0. The van der Waals surface area contributed by atoms with Crippen molar-refractivity contribution in [2.75, 3.05) is 18.9 Å². The van der Waals surface area contributed by atoms with E-state index in [9.17, 15) is 4.21 Å². The highest BCUT2D eigenvalue weighted by Gasteiger charge is 2.09. The maximum absolute atomic E-state index is 11.9. The molecule has 2 atom stereocenters. The summed E-state index contributed by atoms with van der Waals surface area (Å²) in [7, 11) is -0.945. The van der Waals surface area contributed by atoms with Crippen LogP contribution in [0.5, 0.6) is 0 Å². The van der Waals surface area contributed by atoms with Gasteiger partial charge in [0.1, 0.15) is 0 Å². The molecule has 2 N–H and O–H groups in total. The van der Waals surface area contributed by atoms with Crippen molar-refractivity contribution in [2.24, 2.45) is 5.73 Å². The van der Waals surface area contributed by atoms with E-state index in [1.807, 2.05) is 37.3 Å². The third-order valence-electron chi connectivity index (χ3n) is 2.30. The second-order valence-electron chi connectivity index (χ2n) is 3.46. The zero-order valence-corrected chi connectivity index (χ0v) is 10.4. The minimum atomic E-state index is -0.945. The number of rotatable bonds is 7. The lowest BCUT2D eigenvalue weighted by Crippen LogP contribution is -2.25. The number of nitrogens with two attached hydrogens (primary N) is 1. The van der Waals surface area contributed by atoms with Crippen molar-refractivity contribution in [2.45, 2.75) is 24.3 Å². The Morgan fingerprint density at radius 1 is 1.38 bits per heavy atom. The molecule has 0 aromatic heterocycles. The average molecular weight is 241 g/mol. The van der Waals surface area contributed by atoms with Gasteiger partial charge in [-0.2, -0.15) is 0 Å². The Hall–Kier alpha value is -0.710. The van der Waals surface area contributed by atoms with Crippen molar-refractivity contribution in [3.8, 4) is 0 Å². The normalized spacial score (nSPS) is 14.6. The molecule has 90 valence electrons. The zero-order chi connectivity index (χ0) is 11.8. The minimum Gasteiger partial charge on any atom is -0.377 e. The summed E-state index contributed by atoms with van der Waals surface area (Å²) in [6.07, 6.45) is 0.768. The first-order chi connectivity index (χ1) is 7.77. The molecule has 1 rings (SSSR count). The average Bonchev–Trinajstić information content (AvgIpc) is 2.35. The van der Waals surface area contributed by atoms with Crippen molar-refractivity contribution in [1.82, 2.24) is 0 Å². The van der Waals surface area contributed by atoms with Crippen LogP contribution in [0.4, 0.5) is 0 Å². The summed E-state index contributed by atoms with van der Waals surface area (Å²) in [6, 6.07) is 9.48. The second kappa shape index (κ2) is 7.54. The van der Waals surface area contributed by atoms with Crippen molar-refractivity contribution >= 4 is 10.8 Å². The molecule has 0 aliphatic carbocycles. The predicted molar refractivity (Wildman–Crippen MR) is 66.8 cm³/mol. The lowest BCUT2D eigenvalue weighted by molar-refractivity contribution is 0.0672. The minimum absolute atomic E-state index is 0.0256. The SMILES string of the molecule is CCOC(CN)CCS(=O)c1ccccc1. The molecule has 0 aliphatic rings. The van der Waals surface area contributed by atoms with E-state index in [1.165, 1.54) is 0 Å². The highest BCUT2D eigenvalue weighted by molar-refractivity contribution is 7.85. The maximum Gasteiger partial charge on any atom is 0.0706 e. The largest absolute Gasteiger partial charge is 0.377 e. The molecule has 3 nitrogen and oxygen atoms in total. The van der Waals surface area contributed by atoms with Crippen LogP contribution in [0.2, 0.25) is 0 Å². The fraction of sp³-hybridized carbons (Fsp3) is 0.500. The van der Waals surface area contributed by atoms with E-state index < -0.39 is 10.8 Å². The summed E-state index contributed by atoms with van der Waals surface area (Å²) in [4.78, 5) is 0.870. The van der Waals surface area contributed by atoms with Gasteiger partial charge >= 0.3 is 0 Å². The molecule has 0 saturated heterocycles. The molecular formula is C12H19NO2S. The van der Waals surface area contributed by atoms with Crippen molar-refractivity contribution < 1.29 is 8.95 Å². The van der Waals surface area contributed by atoms with Gasteiger partial charge in [-0.25, -0.2) is 0 Å². The molecule has 0 spiro atoms. The van der Waals surface area contributed by atoms with Crippen LogP contribution < -0.4 is 5.73 Å². The van der Waals surface area contributed by atoms with Gasteiger partial charge in [0.05, 0.1) is 16.9 Å². The molecule has 0 radical (unpaired) electrons. The highest BCUT2D eigenvalue weighted by atomic mass is 32.2. The van der Waals surface area contributed by atoms with E-state index in [1.54, 1.807) is 0 Å². The molecule has 16 heavy (non-hydrogen) atoms. The molecule has 4 heteroatoms. The van der Waals surface area contributed by atoms with Crippen molar-refractivity contribution in [3.05, 3.63) is 30.3 Å². The molecule has 2 unspecified atom stereocenters. The maximum atomic E-state index is 11.9. The molecule has 0 amide bonds. The van der Waals surface area contributed by atoms with Gasteiger partial charge in [-0.15, -0.1) is 0 Å². The smallest absolute Gasteiger partial charge is 0.0706 e. The van der Waals surface area contributed by atoms with Gasteiger partial charge in [0, 0.05) is 23.8 Å². The van der Waals surface area contributed by atoms with Crippen molar-refractivity contribution in [1.29, 1.82) is 0 Å². The Bertz CT molecular complexity index is 316. The summed E-state index contributed by atoms with van der Waals surface area (Å²) in [5, 5.41) is 0. The summed E-state index contributed by atoms with van der Waals surface area (Å²) in [5.74, 6) is 0.603. The first-order valence-electron chi connectivity index (χ1n) is 5.53. The predicted octanol–water partition coefficient (Wildman–Crippen LogP) is 1.55. The standard InChI is InChI=1S/C12H19NO2S/c1-2-15-11(10-13)8-9-16(14)12-6-4-3-5-7-12/h3-7,11H,2,8-10,13H2,1H3. The van der Waals surface area contributed by atoms with Crippen LogP contribution in [0.25, 0.3) is 0 Å². The number of hydrogen-bond donors (Lipinski definition) is 1. The topological polar surface area (TPSA) is 52.3 Å². The van der Waals surface area contributed by atoms with Gasteiger partial charge in [0.15, 0.2) is 0 Å². The van der Waals surface area contributed by atoms with Crippen LogP contribution in [-0.4, -0.2) is 29.2 Å². The molecule has 0 saturated carbocycles. The van der Waals surface area contributed by atoms with E-state index in [0.717, 1.165) is 11.3 Å². The monoisotopic (exact) mass is 241 g/mol. The third-order valence-corrected chi connectivity index (χ3v) is 3.70. The van der Waals surface area contributed by atoms with Crippen LogP contribution in [0, 0.1) is 0 Å². The molecular weight excluding hydrogens is 222 g/mol. The molecule has 0 aliphatic heterocycles. The molecule has 0 fully saturated rings. The molecule has 1 aromatic rings. The van der Waals surface area contributed by atoms with Gasteiger partial charge in [0.2, 0.25) is 0 Å². The molecule has 1 aromatic carbocycles. The van der Waals surface area contributed by atoms with Gasteiger partial charge in [-0.3, -0.25) is 4.21 Å². The van der Waals surface area contributed by atoms with E-state index in [0.29, 0.717) is 18.9 Å². The summed E-state index contributed by atoms with van der Waals surface area (Å²) < 4.78 is 17.3. The van der Waals surface area contributed by atoms with E-state index >= 15 is 0 Å². The van der Waals surface area contributed by atoms with Crippen LogP contribution >= 0.6 is 0 Å². The number of ether oxygens (including phenoxy) is 1. The fourth-order valence-electron chi connectivity index (χ4n) is 1.43. The van der Waals surface area contributed by atoms with Crippen molar-refractivity contribution in [3.63, 3.8) is 0 Å². The van der Waals surface area contributed by atoms with E-state index in [4.69, 9.17) is 10.5 Å². The Balaban J connectivity index is 2.40. The molecule has 0 bridgehead atoms. The zero-order valence-electron chi connectivity index (χ0n) is 9.59. The van der Waals surface area contributed by atoms with Gasteiger partial charge in [-0.05, 0) is 25.5 Å². The number of hydrogen-bond acceptors (Lipinski definition) is 3. The lowest BCUT2D eigenvalue weighted by Gasteiger charge is -2.14. The second-order valence-corrected chi connectivity index (χ2v) is 5.04. The first-order valence-corrected chi connectivity index (χ1v) is 6.85. The van der Waals surface area contributed by atoms with Crippen LogP contribution in [0.1, 0.15) is 13.3 Å². The number of benzene rings is 1. The molecule has 0 heterocycles.